The second-order valence-corrected chi connectivity index (χ2v) is 5.02. The van der Waals surface area contributed by atoms with E-state index in [-0.39, 0.29) is 17.6 Å². The van der Waals surface area contributed by atoms with E-state index in [1.165, 1.54) is 0 Å². The molecule has 0 atom stereocenters. The predicted molar refractivity (Wildman–Crippen MR) is 80.5 cm³/mol. The second kappa shape index (κ2) is 6.54. The number of hydrogen-bond acceptors (Lipinski definition) is 3. The number of anilines is 2. The first-order valence-electron chi connectivity index (χ1n) is 5.55. The van der Waals surface area contributed by atoms with E-state index in [0.717, 1.165) is 10.2 Å². The average molecular weight is 341 g/mol. The molecule has 0 spiro atoms. The van der Waals surface area contributed by atoms with E-state index in [9.17, 15) is 4.79 Å². The van der Waals surface area contributed by atoms with Gasteiger partial charge in [-0.15, -0.1) is 0 Å². The molecule has 0 bridgehead atoms. The number of pyridine rings is 1. The van der Waals surface area contributed by atoms with Crippen molar-refractivity contribution in [1.82, 2.24) is 4.98 Å². The fourth-order valence-corrected chi connectivity index (χ4v) is 1.85. The minimum atomic E-state index is -0.183. The first-order chi connectivity index (χ1) is 9.15. The Kier molecular flexibility index (Phi) is 4.76. The van der Waals surface area contributed by atoms with Crippen LogP contribution in [0, 0.1) is 0 Å². The normalized spacial score (nSPS) is 10.0. The van der Waals surface area contributed by atoms with E-state index in [0.29, 0.717) is 5.69 Å². The van der Waals surface area contributed by atoms with Crippen molar-refractivity contribution in [2.75, 3.05) is 17.2 Å². The van der Waals surface area contributed by atoms with Gasteiger partial charge in [0, 0.05) is 16.4 Å². The Bertz CT molecular complexity index is 574. The smallest absolute Gasteiger partial charge is 0.243 e. The van der Waals surface area contributed by atoms with E-state index in [1.54, 1.807) is 18.3 Å². The molecule has 0 fully saturated rings. The van der Waals surface area contributed by atoms with Gasteiger partial charge < -0.3 is 10.6 Å². The van der Waals surface area contributed by atoms with Crippen molar-refractivity contribution in [2.24, 2.45) is 0 Å². The summed E-state index contributed by atoms with van der Waals surface area (Å²) in [7, 11) is 0. The minimum absolute atomic E-state index is 0.160. The number of amides is 1. The highest BCUT2D eigenvalue weighted by atomic mass is 79.9. The van der Waals surface area contributed by atoms with Gasteiger partial charge >= 0.3 is 0 Å². The fraction of sp³-hybridized carbons (Fsp3) is 0.0769. The second-order valence-electron chi connectivity index (χ2n) is 3.75. The molecule has 2 rings (SSSR count). The van der Waals surface area contributed by atoms with E-state index in [2.05, 4.69) is 31.5 Å². The summed E-state index contributed by atoms with van der Waals surface area (Å²) in [6, 6.07) is 11.0. The summed E-state index contributed by atoms with van der Waals surface area (Å²) < 4.78 is 0.990. The first kappa shape index (κ1) is 13.8. The van der Waals surface area contributed by atoms with Crippen LogP contribution < -0.4 is 10.6 Å². The SMILES string of the molecule is O=C(CNc1ccc(Br)cc1)Nc1cccnc1Cl. The van der Waals surface area contributed by atoms with Crippen molar-refractivity contribution in [3.63, 3.8) is 0 Å². The summed E-state index contributed by atoms with van der Waals surface area (Å²) in [6.45, 7) is 0.160. The Hall–Kier alpha value is -1.59. The zero-order valence-electron chi connectivity index (χ0n) is 9.86. The van der Waals surface area contributed by atoms with Gasteiger partial charge in [-0.3, -0.25) is 4.79 Å². The summed E-state index contributed by atoms with van der Waals surface area (Å²) in [5.41, 5.74) is 1.38. The molecule has 0 unspecified atom stereocenters. The number of hydrogen-bond donors (Lipinski definition) is 2. The van der Waals surface area contributed by atoms with E-state index < -0.39 is 0 Å². The van der Waals surface area contributed by atoms with Crippen LogP contribution in [0.3, 0.4) is 0 Å². The number of aromatic nitrogens is 1. The number of carbonyl (C=O) groups excluding carboxylic acids is 1. The maximum atomic E-state index is 11.7. The molecule has 0 saturated carbocycles. The molecule has 6 heteroatoms. The molecule has 2 N–H and O–H groups in total. The van der Waals surface area contributed by atoms with Gasteiger partial charge in [0.15, 0.2) is 5.15 Å². The van der Waals surface area contributed by atoms with Gasteiger partial charge in [0.1, 0.15) is 0 Å². The Morgan fingerprint density at radius 2 is 2.00 bits per heavy atom. The molecule has 0 radical (unpaired) electrons. The van der Waals surface area contributed by atoms with Crippen LogP contribution >= 0.6 is 27.5 Å². The van der Waals surface area contributed by atoms with Gasteiger partial charge in [0.25, 0.3) is 0 Å². The lowest BCUT2D eigenvalue weighted by molar-refractivity contribution is -0.114. The number of nitrogens with zero attached hydrogens (tertiary/aromatic N) is 1. The molecule has 0 aliphatic carbocycles. The highest BCUT2D eigenvalue weighted by molar-refractivity contribution is 9.10. The molecular formula is C13H11BrClN3O. The third-order valence-electron chi connectivity index (χ3n) is 2.33. The number of carbonyl (C=O) groups is 1. The molecule has 0 aliphatic heterocycles. The van der Waals surface area contributed by atoms with Crippen molar-refractivity contribution < 1.29 is 4.79 Å². The van der Waals surface area contributed by atoms with Gasteiger partial charge in [-0.1, -0.05) is 27.5 Å². The van der Waals surface area contributed by atoms with Crippen LogP contribution in [0.4, 0.5) is 11.4 Å². The van der Waals surface area contributed by atoms with Crippen molar-refractivity contribution in [3.05, 3.63) is 52.2 Å². The van der Waals surface area contributed by atoms with Gasteiger partial charge in [0.05, 0.1) is 12.2 Å². The maximum Gasteiger partial charge on any atom is 0.243 e. The van der Waals surface area contributed by atoms with Crippen molar-refractivity contribution in [3.8, 4) is 0 Å². The minimum Gasteiger partial charge on any atom is -0.376 e. The summed E-state index contributed by atoms with van der Waals surface area (Å²) in [6.07, 6.45) is 1.57. The lowest BCUT2D eigenvalue weighted by Crippen LogP contribution is -2.21. The molecule has 2 aromatic rings. The third kappa shape index (κ3) is 4.22. The number of benzene rings is 1. The Morgan fingerprint density at radius 1 is 1.26 bits per heavy atom. The molecule has 1 aromatic carbocycles. The molecule has 1 aromatic heterocycles. The highest BCUT2D eigenvalue weighted by Crippen LogP contribution is 2.17. The van der Waals surface area contributed by atoms with Crippen molar-refractivity contribution in [2.45, 2.75) is 0 Å². The van der Waals surface area contributed by atoms with Gasteiger partial charge in [-0.25, -0.2) is 4.98 Å². The Morgan fingerprint density at radius 3 is 2.68 bits per heavy atom. The Balaban J connectivity index is 1.88. The Labute approximate surface area is 124 Å². The standard InChI is InChI=1S/C13H11BrClN3O/c14-9-3-5-10(6-4-9)17-8-12(19)18-11-2-1-7-16-13(11)15/h1-7,17H,8H2,(H,18,19). The molecule has 1 amide bonds. The number of nitrogens with one attached hydrogen (secondary N) is 2. The molecule has 0 aliphatic rings. The number of rotatable bonds is 4. The predicted octanol–water partition coefficient (Wildman–Crippen LogP) is 3.55. The van der Waals surface area contributed by atoms with Crippen LogP contribution in [0.1, 0.15) is 0 Å². The first-order valence-corrected chi connectivity index (χ1v) is 6.72. The summed E-state index contributed by atoms with van der Waals surface area (Å²) in [5, 5.41) is 5.98. The lowest BCUT2D eigenvalue weighted by atomic mass is 10.3. The zero-order valence-corrected chi connectivity index (χ0v) is 12.2. The fourth-order valence-electron chi connectivity index (χ4n) is 1.42. The molecule has 19 heavy (non-hydrogen) atoms. The third-order valence-corrected chi connectivity index (χ3v) is 3.16. The quantitative estimate of drug-likeness (QED) is 0.837. The van der Waals surface area contributed by atoms with E-state index in [4.69, 9.17) is 11.6 Å². The summed E-state index contributed by atoms with van der Waals surface area (Å²) in [4.78, 5) is 15.6. The van der Waals surface area contributed by atoms with Gasteiger partial charge in [-0.2, -0.15) is 0 Å². The molecule has 4 nitrogen and oxygen atoms in total. The summed E-state index contributed by atoms with van der Waals surface area (Å²) >= 11 is 9.20. The van der Waals surface area contributed by atoms with Crippen LogP contribution in [-0.2, 0) is 4.79 Å². The summed E-state index contributed by atoms with van der Waals surface area (Å²) in [5.74, 6) is -0.183. The van der Waals surface area contributed by atoms with Crippen LogP contribution in [0.5, 0.6) is 0 Å². The largest absolute Gasteiger partial charge is 0.376 e. The maximum absolute atomic E-state index is 11.7. The van der Waals surface area contributed by atoms with Crippen LogP contribution in [0.25, 0.3) is 0 Å². The topological polar surface area (TPSA) is 54.0 Å². The van der Waals surface area contributed by atoms with Crippen LogP contribution in [-0.4, -0.2) is 17.4 Å². The van der Waals surface area contributed by atoms with Gasteiger partial charge in [0.2, 0.25) is 5.91 Å². The van der Waals surface area contributed by atoms with Crippen LogP contribution in [0.2, 0.25) is 5.15 Å². The van der Waals surface area contributed by atoms with E-state index in [1.807, 2.05) is 24.3 Å². The molecule has 1 heterocycles. The zero-order chi connectivity index (χ0) is 13.7. The lowest BCUT2D eigenvalue weighted by Gasteiger charge is -2.08. The van der Waals surface area contributed by atoms with Gasteiger partial charge in [-0.05, 0) is 36.4 Å². The number of halogens is 2. The molecule has 98 valence electrons. The average Bonchev–Trinajstić information content (AvgIpc) is 2.41. The van der Waals surface area contributed by atoms with Crippen LogP contribution in [0.15, 0.2) is 47.1 Å². The molecular weight excluding hydrogens is 330 g/mol. The van der Waals surface area contributed by atoms with E-state index >= 15 is 0 Å². The molecule has 0 saturated heterocycles. The monoisotopic (exact) mass is 339 g/mol. The highest BCUT2D eigenvalue weighted by Gasteiger charge is 2.05. The van der Waals surface area contributed by atoms with Crippen molar-refractivity contribution in [1.29, 1.82) is 0 Å². The van der Waals surface area contributed by atoms with Crippen molar-refractivity contribution >= 4 is 44.8 Å².